The Morgan fingerprint density at radius 3 is 2.90 bits per heavy atom. The van der Waals surface area contributed by atoms with Crippen LogP contribution < -0.4 is 0 Å². The fourth-order valence-electron chi connectivity index (χ4n) is 2.43. The molecule has 1 aromatic rings. The van der Waals surface area contributed by atoms with Gasteiger partial charge in [0.2, 0.25) is 0 Å². The van der Waals surface area contributed by atoms with Gasteiger partial charge in [-0.25, -0.2) is 0 Å². The van der Waals surface area contributed by atoms with Crippen LogP contribution in [0.15, 0.2) is 22.9 Å². The summed E-state index contributed by atoms with van der Waals surface area (Å²) >= 11 is 3.42. The molecular formula is C15H21BrN2O2. The summed E-state index contributed by atoms with van der Waals surface area (Å²) < 4.78 is 6.47. The second-order valence-corrected chi connectivity index (χ2v) is 7.09. The van der Waals surface area contributed by atoms with Crippen molar-refractivity contribution in [3.63, 3.8) is 0 Å². The number of rotatable bonds is 3. The van der Waals surface area contributed by atoms with E-state index < -0.39 is 5.60 Å². The largest absolute Gasteiger partial charge is 0.459 e. The minimum Gasteiger partial charge on any atom is -0.459 e. The van der Waals surface area contributed by atoms with Crippen molar-refractivity contribution in [1.29, 1.82) is 0 Å². The molecule has 0 N–H and O–H groups in total. The quantitative estimate of drug-likeness (QED) is 0.792. The van der Waals surface area contributed by atoms with Gasteiger partial charge in [0, 0.05) is 23.4 Å². The average molecular weight is 341 g/mol. The maximum absolute atomic E-state index is 12.2. The molecule has 0 aliphatic carbocycles. The van der Waals surface area contributed by atoms with Gasteiger partial charge in [0.05, 0.1) is 0 Å². The first-order chi connectivity index (χ1) is 9.35. The third kappa shape index (κ3) is 4.28. The first-order valence-electron chi connectivity index (χ1n) is 6.91. The number of carbonyl (C=O) groups is 1. The summed E-state index contributed by atoms with van der Waals surface area (Å²) in [5.74, 6) is -0.113. The summed E-state index contributed by atoms with van der Waals surface area (Å²) in [6, 6.07) is 1.91. The van der Waals surface area contributed by atoms with E-state index in [0.717, 1.165) is 36.0 Å². The molecule has 4 nitrogen and oxygen atoms in total. The lowest BCUT2D eigenvalue weighted by Gasteiger charge is -2.27. The molecule has 0 spiro atoms. The lowest BCUT2D eigenvalue weighted by Crippen LogP contribution is -2.40. The summed E-state index contributed by atoms with van der Waals surface area (Å²) in [4.78, 5) is 18.6. The van der Waals surface area contributed by atoms with Crippen LogP contribution >= 0.6 is 15.9 Å². The van der Waals surface area contributed by atoms with Gasteiger partial charge in [-0.3, -0.25) is 14.7 Å². The molecule has 1 fully saturated rings. The lowest BCUT2D eigenvalue weighted by atomic mass is 10.1. The van der Waals surface area contributed by atoms with Gasteiger partial charge in [-0.05, 0) is 67.7 Å². The highest BCUT2D eigenvalue weighted by atomic mass is 79.9. The van der Waals surface area contributed by atoms with Crippen molar-refractivity contribution >= 4 is 21.9 Å². The maximum atomic E-state index is 12.2. The highest BCUT2D eigenvalue weighted by Crippen LogP contribution is 2.23. The molecule has 1 saturated heterocycles. The molecule has 0 radical (unpaired) electrons. The van der Waals surface area contributed by atoms with Crippen molar-refractivity contribution in [3.8, 4) is 0 Å². The van der Waals surface area contributed by atoms with Crippen LogP contribution in [-0.2, 0) is 16.1 Å². The molecule has 20 heavy (non-hydrogen) atoms. The van der Waals surface area contributed by atoms with Gasteiger partial charge in [0.25, 0.3) is 0 Å². The molecule has 1 aliphatic heterocycles. The number of pyridine rings is 1. The molecule has 1 atom stereocenters. The van der Waals surface area contributed by atoms with Crippen LogP contribution in [0.2, 0.25) is 0 Å². The third-order valence-electron chi connectivity index (χ3n) is 3.19. The van der Waals surface area contributed by atoms with E-state index in [1.54, 1.807) is 6.20 Å². The molecule has 0 bridgehead atoms. The summed E-state index contributed by atoms with van der Waals surface area (Å²) in [7, 11) is 0. The van der Waals surface area contributed by atoms with E-state index in [-0.39, 0.29) is 12.0 Å². The lowest BCUT2D eigenvalue weighted by molar-refractivity contribution is -0.160. The zero-order valence-electron chi connectivity index (χ0n) is 12.2. The van der Waals surface area contributed by atoms with Crippen molar-refractivity contribution in [1.82, 2.24) is 9.88 Å². The Hall–Kier alpha value is -0.940. The molecule has 0 saturated carbocycles. The van der Waals surface area contributed by atoms with Gasteiger partial charge in [0.1, 0.15) is 11.6 Å². The van der Waals surface area contributed by atoms with Gasteiger partial charge in [-0.15, -0.1) is 0 Å². The number of esters is 1. The summed E-state index contributed by atoms with van der Waals surface area (Å²) in [6.07, 6.45) is 5.51. The normalized spacial score (nSPS) is 20.1. The number of hydrogen-bond acceptors (Lipinski definition) is 4. The van der Waals surface area contributed by atoms with Gasteiger partial charge >= 0.3 is 5.97 Å². The van der Waals surface area contributed by atoms with Crippen LogP contribution in [0.3, 0.4) is 0 Å². The predicted molar refractivity (Wildman–Crippen MR) is 81.2 cm³/mol. The predicted octanol–water partition coefficient (Wildman–Crippen LogP) is 3.15. The fourth-order valence-corrected chi connectivity index (χ4v) is 2.84. The number of ether oxygens (including phenoxy) is 1. The zero-order chi connectivity index (χ0) is 14.8. The summed E-state index contributed by atoms with van der Waals surface area (Å²) in [5.41, 5.74) is 0.678. The first kappa shape index (κ1) is 15.4. The van der Waals surface area contributed by atoms with Crippen LogP contribution in [0.25, 0.3) is 0 Å². The Morgan fingerprint density at radius 1 is 1.50 bits per heavy atom. The molecule has 0 unspecified atom stereocenters. The highest BCUT2D eigenvalue weighted by Gasteiger charge is 2.33. The summed E-state index contributed by atoms with van der Waals surface area (Å²) in [6.45, 7) is 7.38. The van der Waals surface area contributed by atoms with Crippen molar-refractivity contribution in [2.75, 3.05) is 6.54 Å². The minimum atomic E-state index is -0.428. The molecule has 2 heterocycles. The van der Waals surface area contributed by atoms with Gasteiger partial charge < -0.3 is 4.74 Å². The van der Waals surface area contributed by atoms with E-state index >= 15 is 0 Å². The third-order valence-corrected chi connectivity index (χ3v) is 3.62. The molecule has 0 aromatic carbocycles. The van der Waals surface area contributed by atoms with Crippen molar-refractivity contribution in [3.05, 3.63) is 28.5 Å². The number of carbonyl (C=O) groups excluding carboxylic acids is 1. The van der Waals surface area contributed by atoms with E-state index in [0.29, 0.717) is 0 Å². The second kappa shape index (κ2) is 6.22. The average Bonchev–Trinajstić information content (AvgIpc) is 2.75. The van der Waals surface area contributed by atoms with E-state index in [2.05, 4.69) is 25.8 Å². The number of hydrogen-bond donors (Lipinski definition) is 0. The van der Waals surface area contributed by atoms with Crippen LogP contribution in [0.4, 0.5) is 0 Å². The van der Waals surface area contributed by atoms with E-state index in [4.69, 9.17) is 4.74 Å². The van der Waals surface area contributed by atoms with E-state index in [9.17, 15) is 4.79 Å². The van der Waals surface area contributed by atoms with Crippen LogP contribution in [-0.4, -0.2) is 34.0 Å². The maximum Gasteiger partial charge on any atom is 0.323 e. The Bertz CT molecular complexity index is 485. The Balaban J connectivity index is 2.02. The molecular weight excluding hydrogens is 320 g/mol. The van der Waals surface area contributed by atoms with Crippen LogP contribution in [0, 0.1) is 0 Å². The highest BCUT2D eigenvalue weighted by molar-refractivity contribution is 9.10. The summed E-state index contributed by atoms with van der Waals surface area (Å²) in [5, 5.41) is 0. The van der Waals surface area contributed by atoms with E-state index in [1.807, 2.05) is 33.0 Å². The van der Waals surface area contributed by atoms with Crippen molar-refractivity contribution in [2.45, 2.75) is 51.8 Å². The molecule has 0 amide bonds. The topological polar surface area (TPSA) is 42.4 Å². The molecule has 110 valence electrons. The number of likely N-dealkylation sites (tertiary alicyclic amines) is 1. The fraction of sp³-hybridized carbons (Fsp3) is 0.600. The Kier molecular flexibility index (Phi) is 4.81. The monoisotopic (exact) mass is 340 g/mol. The molecule has 1 aliphatic rings. The zero-order valence-corrected chi connectivity index (χ0v) is 13.8. The SMILES string of the molecule is CC(C)(C)OC(=O)[C@H]1CCCN1Cc1cncc(Br)c1. The van der Waals surface area contributed by atoms with Crippen molar-refractivity contribution in [2.24, 2.45) is 0 Å². The number of halogens is 1. The van der Waals surface area contributed by atoms with Gasteiger partial charge in [0.15, 0.2) is 0 Å². The minimum absolute atomic E-state index is 0.113. The van der Waals surface area contributed by atoms with Crippen LogP contribution in [0.5, 0.6) is 0 Å². The molecule has 2 rings (SSSR count). The Morgan fingerprint density at radius 2 is 2.25 bits per heavy atom. The van der Waals surface area contributed by atoms with E-state index in [1.165, 1.54) is 0 Å². The van der Waals surface area contributed by atoms with Crippen molar-refractivity contribution < 1.29 is 9.53 Å². The van der Waals surface area contributed by atoms with Crippen LogP contribution in [0.1, 0.15) is 39.2 Å². The number of nitrogens with zero attached hydrogens (tertiary/aromatic N) is 2. The Labute approximate surface area is 128 Å². The molecule has 5 heteroatoms. The smallest absolute Gasteiger partial charge is 0.323 e. The van der Waals surface area contributed by atoms with Gasteiger partial charge in [-0.2, -0.15) is 0 Å². The first-order valence-corrected chi connectivity index (χ1v) is 7.71. The number of aromatic nitrogens is 1. The second-order valence-electron chi connectivity index (χ2n) is 6.17. The standard InChI is InChI=1S/C15H21BrN2O2/c1-15(2,3)20-14(19)13-5-4-6-18(13)10-11-7-12(16)9-17-8-11/h7-9,13H,4-6,10H2,1-3H3/t13-/m1/s1. The molecule has 1 aromatic heterocycles. The van der Waals surface area contributed by atoms with Gasteiger partial charge in [-0.1, -0.05) is 0 Å².